The molecule has 0 fully saturated rings. The predicted octanol–water partition coefficient (Wildman–Crippen LogP) is 1.95. The van der Waals surface area contributed by atoms with Crippen molar-refractivity contribution in [1.82, 2.24) is 9.97 Å². The molecule has 6 nitrogen and oxygen atoms in total. The summed E-state index contributed by atoms with van der Waals surface area (Å²) in [7, 11) is 0. The Labute approximate surface area is 124 Å². The van der Waals surface area contributed by atoms with Gasteiger partial charge in [0.25, 0.3) is 0 Å². The minimum absolute atomic E-state index is 0.000996. The number of aromatic nitrogens is 2. The molecule has 0 unspecified atom stereocenters. The van der Waals surface area contributed by atoms with Crippen LogP contribution in [0.15, 0.2) is 30.6 Å². The van der Waals surface area contributed by atoms with Gasteiger partial charge in [0.2, 0.25) is 5.88 Å². The van der Waals surface area contributed by atoms with E-state index in [9.17, 15) is 0 Å². The van der Waals surface area contributed by atoms with E-state index >= 15 is 0 Å². The number of nitrogens with zero attached hydrogens (tertiary/aromatic N) is 2. The molecule has 4 N–H and O–H groups in total. The van der Waals surface area contributed by atoms with Crippen LogP contribution in [-0.4, -0.2) is 21.2 Å². The number of nitrogen functional groups attached to an aromatic ring is 1. The normalized spacial score (nSPS) is 10.7. The van der Waals surface area contributed by atoms with E-state index in [1.807, 2.05) is 38.1 Å². The molecule has 2 rings (SSSR count). The lowest BCUT2D eigenvalue weighted by molar-refractivity contribution is 0.234. The molecule has 0 saturated heterocycles. The highest BCUT2D eigenvalue weighted by atomic mass is 16.5. The van der Waals surface area contributed by atoms with Crippen LogP contribution in [0.5, 0.6) is 5.88 Å². The van der Waals surface area contributed by atoms with Crippen molar-refractivity contribution in [2.24, 2.45) is 0 Å². The van der Waals surface area contributed by atoms with Crippen molar-refractivity contribution >= 4 is 11.5 Å². The summed E-state index contributed by atoms with van der Waals surface area (Å²) in [6, 6.07) is 7.66. The summed E-state index contributed by atoms with van der Waals surface area (Å²) in [5.41, 5.74) is 8.35. The van der Waals surface area contributed by atoms with Gasteiger partial charge in [-0.2, -0.15) is 4.98 Å². The first-order chi connectivity index (χ1) is 10.1. The fraction of sp³-hybridized carbons (Fsp3) is 0.333. The van der Waals surface area contributed by atoms with Crippen LogP contribution in [0.4, 0.5) is 11.5 Å². The summed E-state index contributed by atoms with van der Waals surface area (Å²) in [6.45, 7) is 4.45. The van der Waals surface area contributed by atoms with Crippen molar-refractivity contribution in [3.63, 3.8) is 0 Å². The van der Waals surface area contributed by atoms with Crippen molar-refractivity contribution in [2.75, 3.05) is 11.1 Å². The van der Waals surface area contributed by atoms with E-state index in [1.54, 1.807) is 0 Å². The Kier molecular flexibility index (Phi) is 4.94. The molecule has 112 valence electrons. The minimum Gasteiger partial charge on any atom is -0.473 e. The summed E-state index contributed by atoms with van der Waals surface area (Å²) in [4.78, 5) is 8.16. The number of aliphatic hydroxyl groups is 1. The molecule has 0 spiro atoms. The summed E-state index contributed by atoms with van der Waals surface area (Å²) in [5, 5.41) is 12.2. The van der Waals surface area contributed by atoms with Gasteiger partial charge >= 0.3 is 0 Å². The zero-order chi connectivity index (χ0) is 15.2. The number of ether oxygens (including phenoxy) is 1. The molecule has 1 aromatic carbocycles. The first kappa shape index (κ1) is 15.1. The molecule has 6 heteroatoms. The highest BCUT2D eigenvalue weighted by Gasteiger charge is 2.10. The second kappa shape index (κ2) is 6.90. The Morgan fingerprint density at radius 1 is 1.19 bits per heavy atom. The van der Waals surface area contributed by atoms with E-state index < -0.39 is 0 Å². The van der Waals surface area contributed by atoms with E-state index in [0.29, 0.717) is 23.9 Å². The zero-order valence-electron chi connectivity index (χ0n) is 12.2. The summed E-state index contributed by atoms with van der Waals surface area (Å²) < 4.78 is 5.52. The van der Waals surface area contributed by atoms with Crippen molar-refractivity contribution < 1.29 is 9.84 Å². The third-order valence-corrected chi connectivity index (χ3v) is 2.86. The average molecular weight is 288 g/mol. The number of rotatable bonds is 6. The van der Waals surface area contributed by atoms with E-state index in [-0.39, 0.29) is 12.7 Å². The first-order valence-corrected chi connectivity index (χ1v) is 6.80. The number of benzene rings is 1. The Hall–Kier alpha value is -2.34. The molecular formula is C15H20N4O2. The van der Waals surface area contributed by atoms with E-state index in [4.69, 9.17) is 15.6 Å². The molecule has 0 amide bonds. The second-order valence-electron chi connectivity index (χ2n) is 4.94. The maximum atomic E-state index is 9.01. The Morgan fingerprint density at radius 3 is 2.48 bits per heavy atom. The van der Waals surface area contributed by atoms with Gasteiger partial charge in [0.05, 0.1) is 12.7 Å². The van der Waals surface area contributed by atoms with E-state index in [0.717, 1.165) is 11.1 Å². The molecular weight excluding hydrogens is 268 g/mol. The Morgan fingerprint density at radius 2 is 1.86 bits per heavy atom. The van der Waals surface area contributed by atoms with Crippen LogP contribution in [0.25, 0.3) is 0 Å². The lowest BCUT2D eigenvalue weighted by atomic mass is 10.1. The predicted molar refractivity (Wildman–Crippen MR) is 81.9 cm³/mol. The van der Waals surface area contributed by atoms with Crippen LogP contribution in [0.2, 0.25) is 0 Å². The van der Waals surface area contributed by atoms with Crippen molar-refractivity contribution in [1.29, 1.82) is 0 Å². The molecule has 0 aliphatic rings. The monoisotopic (exact) mass is 288 g/mol. The number of hydrogen-bond acceptors (Lipinski definition) is 6. The highest BCUT2D eigenvalue weighted by Crippen LogP contribution is 2.25. The van der Waals surface area contributed by atoms with E-state index in [1.165, 1.54) is 6.33 Å². The maximum Gasteiger partial charge on any atom is 0.242 e. The number of nitrogens with one attached hydrogen (secondary N) is 1. The standard InChI is InChI=1S/C15H20N4O2/c1-10(2)21-15-13(16)14(18-9-19-15)17-7-11-3-5-12(8-20)6-4-11/h3-6,9-10,20H,7-8,16H2,1-2H3,(H,17,18,19). The first-order valence-electron chi connectivity index (χ1n) is 6.80. The van der Waals surface area contributed by atoms with Crippen LogP contribution in [0.1, 0.15) is 25.0 Å². The number of hydrogen-bond donors (Lipinski definition) is 3. The average Bonchev–Trinajstić information content (AvgIpc) is 2.48. The van der Waals surface area contributed by atoms with Gasteiger partial charge in [0, 0.05) is 6.54 Å². The molecule has 0 bridgehead atoms. The van der Waals surface area contributed by atoms with Gasteiger partial charge in [0.1, 0.15) is 12.0 Å². The summed E-state index contributed by atoms with van der Waals surface area (Å²) in [5.74, 6) is 0.935. The molecule has 0 atom stereocenters. The molecule has 0 saturated carbocycles. The van der Waals surface area contributed by atoms with Gasteiger partial charge < -0.3 is 20.9 Å². The van der Waals surface area contributed by atoms with Gasteiger partial charge in [-0.15, -0.1) is 0 Å². The zero-order valence-corrected chi connectivity index (χ0v) is 12.2. The quantitative estimate of drug-likeness (QED) is 0.752. The topological polar surface area (TPSA) is 93.3 Å². The maximum absolute atomic E-state index is 9.01. The molecule has 0 aliphatic carbocycles. The lowest BCUT2D eigenvalue weighted by Gasteiger charge is -2.13. The molecule has 0 radical (unpaired) electrons. The highest BCUT2D eigenvalue weighted by molar-refractivity contribution is 5.66. The fourth-order valence-electron chi connectivity index (χ4n) is 1.79. The minimum atomic E-state index is 0.000996. The summed E-state index contributed by atoms with van der Waals surface area (Å²) >= 11 is 0. The Bertz CT molecular complexity index is 585. The van der Waals surface area contributed by atoms with Crippen LogP contribution in [0.3, 0.4) is 0 Å². The summed E-state index contributed by atoms with van der Waals surface area (Å²) in [6.07, 6.45) is 1.42. The molecule has 1 heterocycles. The van der Waals surface area contributed by atoms with Gasteiger partial charge in [-0.3, -0.25) is 0 Å². The van der Waals surface area contributed by atoms with Crippen LogP contribution in [-0.2, 0) is 13.2 Å². The number of nitrogens with two attached hydrogens (primary N) is 1. The largest absolute Gasteiger partial charge is 0.473 e. The van der Waals surface area contributed by atoms with Crippen molar-refractivity contribution in [2.45, 2.75) is 33.1 Å². The molecule has 1 aromatic heterocycles. The molecule has 0 aliphatic heterocycles. The number of aliphatic hydroxyl groups excluding tert-OH is 1. The third-order valence-electron chi connectivity index (χ3n) is 2.86. The third kappa shape index (κ3) is 4.06. The second-order valence-corrected chi connectivity index (χ2v) is 4.94. The van der Waals surface area contributed by atoms with E-state index in [2.05, 4.69) is 15.3 Å². The van der Waals surface area contributed by atoms with Crippen LogP contribution >= 0.6 is 0 Å². The number of anilines is 2. The van der Waals surface area contributed by atoms with Gasteiger partial charge in [-0.25, -0.2) is 4.98 Å². The van der Waals surface area contributed by atoms with Crippen molar-refractivity contribution in [3.05, 3.63) is 41.7 Å². The fourth-order valence-corrected chi connectivity index (χ4v) is 1.79. The van der Waals surface area contributed by atoms with Crippen molar-refractivity contribution in [3.8, 4) is 5.88 Å². The molecule has 21 heavy (non-hydrogen) atoms. The van der Waals surface area contributed by atoms with Crippen LogP contribution < -0.4 is 15.8 Å². The Balaban J connectivity index is 2.05. The molecule has 2 aromatic rings. The lowest BCUT2D eigenvalue weighted by Crippen LogP contribution is -2.12. The van der Waals surface area contributed by atoms with Gasteiger partial charge in [0.15, 0.2) is 5.82 Å². The SMILES string of the molecule is CC(C)Oc1ncnc(NCc2ccc(CO)cc2)c1N. The van der Waals surface area contributed by atoms with Gasteiger partial charge in [-0.1, -0.05) is 24.3 Å². The smallest absolute Gasteiger partial charge is 0.242 e. The van der Waals surface area contributed by atoms with Gasteiger partial charge in [-0.05, 0) is 25.0 Å². The van der Waals surface area contributed by atoms with Crippen LogP contribution in [0, 0.1) is 0 Å².